The minimum atomic E-state index is -1.09. The largest absolute Gasteiger partial charge is 0.455 e. The third kappa shape index (κ3) is 3.27. The summed E-state index contributed by atoms with van der Waals surface area (Å²) in [4.78, 5) is 40.6. The van der Waals surface area contributed by atoms with Gasteiger partial charge in [-0.25, -0.2) is 0 Å². The minimum Gasteiger partial charge on any atom is -0.455 e. The van der Waals surface area contributed by atoms with E-state index in [1.165, 1.54) is 26.0 Å². The lowest BCUT2D eigenvalue weighted by Crippen LogP contribution is -2.39. The third-order valence-corrected chi connectivity index (χ3v) is 5.29. The monoisotopic (exact) mass is 382 g/mol. The summed E-state index contributed by atoms with van der Waals surface area (Å²) < 4.78 is 10.9. The summed E-state index contributed by atoms with van der Waals surface area (Å²) in [6, 6.07) is 6.63. The van der Waals surface area contributed by atoms with Crippen LogP contribution < -0.4 is 5.32 Å². The van der Waals surface area contributed by atoms with Crippen molar-refractivity contribution >= 4 is 17.5 Å². The number of Topliss-reactive ketones (excluding diaryl/α,β-unsaturated/α-hetero) is 2. The summed E-state index contributed by atoms with van der Waals surface area (Å²) >= 11 is 0. The van der Waals surface area contributed by atoms with Gasteiger partial charge >= 0.3 is 0 Å². The Kier molecular flexibility index (Phi) is 5.11. The van der Waals surface area contributed by atoms with Crippen LogP contribution in [-0.4, -0.2) is 62.0 Å². The number of fused-ring (bicyclic) bond motifs is 1. The summed E-state index contributed by atoms with van der Waals surface area (Å²) in [5.41, 5.74) is 0.947. The molecule has 1 saturated heterocycles. The van der Waals surface area contributed by atoms with Crippen molar-refractivity contribution in [1.82, 2.24) is 10.2 Å². The zero-order valence-corrected chi connectivity index (χ0v) is 15.7. The Labute approximate surface area is 163 Å². The van der Waals surface area contributed by atoms with E-state index in [1.807, 2.05) is 0 Å². The lowest BCUT2D eigenvalue weighted by Gasteiger charge is -2.29. The molecule has 3 aliphatic rings. The zero-order valence-electron chi connectivity index (χ0n) is 15.7. The van der Waals surface area contributed by atoms with Crippen molar-refractivity contribution in [3.05, 3.63) is 58.4 Å². The molecular weight excluding hydrogens is 360 g/mol. The maximum atomic E-state index is 12.9. The number of nitrogens with zero attached hydrogens (tertiary/aromatic N) is 1. The molecule has 0 saturated carbocycles. The number of amides is 1. The average molecular weight is 382 g/mol. The number of allylic oxidation sites excluding steroid dienone is 2. The number of carbonyl (C=O) groups excluding carboxylic acids is 3. The Balaban J connectivity index is 1.56. The van der Waals surface area contributed by atoms with Gasteiger partial charge in [-0.3, -0.25) is 14.4 Å². The Morgan fingerprint density at radius 2 is 1.86 bits per heavy atom. The van der Waals surface area contributed by atoms with Gasteiger partial charge in [0.05, 0.1) is 5.57 Å². The molecule has 1 fully saturated rings. The second kappa shape index (κ2) is 7.69. The highest BCUT2D eigenvalue weighted by molar-refractivity contribution is 6.28. The lowest BCUT2D eigenvalue weighted by atomic mass is 9.82. The van der Waals surface area contributed by atoms with Crippen molar-refractivity contribution in [2.24, 2.45) is 0 Å². The van der Waals surface area contributed by atoms with E-state index in [1.54, 1.807) is 24.3 Å². The van der Waals surface area contributed by atoms with Crippen LogP contribution in [0.1, 0.15) is 33.6 Å². The fourth-order valence-electron chi connectivity index (χ4n) is 3.84. The topological polar surface area (TPSA) is 84.9 Å². The van der Waals surface area contributed by atoms with Crippen molar-refractivity contribution in [1.29, 1.82) is 0 Å². The van der Waals surface area contributed by atoms with Crippen molar-refractivity contribution in [3.8, 4) is 0 Å². The van der Waals surface area contributed by atoms with Gasteiger partial charge in [0.2, 0.25) is 6.29 Å². The molecule has 2 heterocycles. The van der Waals surface area contributed by atoms with Crippen LogP contribution >= 0.6 is 0 Å². The van der Waals surface area contributed by atoms with Gasteiger partial charge in [0.1, 0.15) is 0 Å². The quantitative estimate of drug-likeness (QED) is 0.830. The Morgan fingerprint density at radius 1 is 1.18 bits per heavy atom. The number of benzene rings is 1. The summed E-state index contributed by atoms with van der Waals surface area (Å²) in [6.45, 7) is 3.35. The normalized spacial score (nSPS) is 21.8. The number of hydrogen-bond donors (Lipinski definition) is 1. The molecule has 0 spiro atoms. The summed E-state index contributed by atoms with van der Waals surface area (Å²) in [6.07, 6.45) is 2.63. The van der Waals surface area contributed by atoms with E-state index in [9.17, 15) is 14.4 Å². The predicted molar refractivity (Wildman–Crippen MR) is 101 cm³/mol. The Morgan fingerprint density at radius 3 is 2.54 bits per heavy atom. The van der Waals surface area contributed by atoms with Gasteiger partial charge in [-0.1, -0.05) is 24.3 Å². The highest BCUT2D eigenvalue weighted by Crippen LogP contribution is 2.34. The number of carbonyl (C=O) groups is 3. The van der Waals surface area contributed by atoms with Gasteiger partial charge < -0.3 is 19.7 Å². The summed E-state index contributed by atoms with van der Waals surface area (Å²) in [5.74, 6) is -1.07. The number of methoxy groups -OCH3 is 1. The molecule has 1 unspecified atom stereocenters. The third-order valence-electron chi connectivity index (χ3n) is 5.29. The molecular formula is C21H22N2O5. The molecule has 1 aliphatic carbocycles. The minimum absolute atomic E-state index is 0.0208. The maximum absolute atomic E-state index is 12.9. The first-order valence-corrected chi connectivity index (χ1v) is 9.44. The standard InChI is InChI=1S/C21H22N2O5/c1-27-21-17-15(18(24)13-6-2-3-7-14(13)19(17)25)12-16(28-21)20(26)22-8-11-23-9-4-5-10-23/h2-3,6-7,12,21H,4-5,8-11H2,1H3,(H,22,26). The molecule has 4 rings (SSSR count). The highest BCUT2D eigenvalue weighted by atomic mass is 16.7. The zero-order chi connectivity index (χ0) is 19.7. The van der Waals surface area contributed by atoms with Gasteiger partial charge in [0.15, 0.2) is 17.3 Å². The maximum Gasteiger partial charge on any atom is 0.286 e. The van der Waals surface area contributed by atoms with Gasteiger partial charge in [-0.05, 0) is 32.0 Å². The second-order valence-electron chi connectivity index (χ2n) is 7.03. The van der Waals surface area contributed by atoms with E-state index in [0.29, 0.717) is 17.7 Å². The first-order valence-electron chi connectivity index (χ1n) is 9.44. The van der Waals surface area contributed by atoms with Crippen LogP contribution in [0.2, 0.25) is 0 Å². The summed E-state index contributed by atoms with van der Waals surface area (Å²) in [7, 11) is 1.38. The van der Waals surface area contributed by atoms with Gasteiger partial charge in [0.25, 0.3) is 5.91 Å². The number of ketones is 2. The van der Waals surface area contributed by atoms with E-state index in [-0.39, 0.29) is 28.5 Å². The van der Waals surface area contributed by atoms with Gasteiger partial charge in [-0.2, -0.15) is 0 Å². The van der Waals surface area contributed by atoms with Crippen LogP contribution in [0.15, 0.2) is 47.2 Å². The van der Waals surface area contributed by atoms with E-state index in [0.717, 1.165) is 19.6 Å². The molecule has 1 N–H and O–H groups in total. The molecule has 0 bridgehead atoms. The number of ether oxygens (including phenoxy) is 2. The highest BCUT2D eigenvalue weighted by Gasteiger charge is 2.40. The van der Waals surface area contributed by atoms with Crippen LogP contribution in [0.5, 0.6) is 0 Å². The van der Waals surface area contributed by atoms with Gasteiger partial charge in [0, 0.05) is 36.9 Å². The van der Waals surface area contributed by atoms with E-state index < -0.39 is 12.2 Å². The first kappa shape index (κ1) is 18.6. The number of likely N-dealkylation sites (tertiary alicyclic amines) is 1. The molecule has 1 aromatic rings. The SMILES string of the molecule is COC1OC(C(=O)NCCN2CCCC2)=CC2=C1C(=O)c1ccccc1C2=O. The van der Waals surface area contributed by atoms with Crippen molar-refractivity contribution in [2.45, 2.75) is 19.1 Å². The predicted octanol–water partition coefficient (Wildman–Crippen LogP) is 1.46. The van der Waals surface area contributed by atoms with Crippen LogP contribution in [0.3, 0.4) is 0 Å². The van der Waals surface area contributed by atoms with Crippen LogP contribution in [-0.2, 0) is 14.3 Å². The van der Waals surface area contributed by atoms with Crippen LogP contribution in [0.4, 0.5) is 0 Å². The van der Waals surface area contributed by atoms with E-state index in [4.69, 9.17) is 9.47 Å². The molecule has 0 radical (unpaired) electrons. The van der Waals surface area contributed by atoms with Crippen molar-refractivity contribution in [3.63, 3.8) is 0 Å². The fourth-order valence-corrected chi connectivity index (χ4v) is 3.84. The average Bonchev–Trinajstić information content (AvgIpc) is 3.24. The smallest absolute Gasteiger partial charge is 0.286 e. The molecule has 1 amide bonds. The molecule has 7 heteroatoms. The fraction of sp³-hybridized carbons (Fsp3) is 0.381. The summed E-state index contributed by atoms with van der Waals surface area (Å²) in [5, 5.41) is 2.82. The Bertz CT molecular complexity index is 896. The molecule has 2 aliphatic heterocycles. The van der Waals surface area contributed by atoms with Crippen LogP contribution in [0.25, 0.3) is 0 Å². The first-order chi connectivity index (χ1) is 13.6. The number of nitrogens with one attached hydrogen (secondary N) is 1. The van der Waals surface area contributed by atoms with Gasteiger partial charge in [-0.15, -0.1) is 0 Å². The lowest BCUT2D eigenvalue weighted by molar-refractivity contribution is -0.128. The second-order valence-corrected chi connectivity index (χ2v) is 7.03. The van der Waals surface area contributed by atoms with Crippen LogP contribution in [0, 0.1) is 0 Å². The molecule has 7 nitrogen and oxygen atoms in total. The molecule has 1 atom stereocenters. The van der Waals surface area contributed by atoms with Crippen molar-refractivity contribution < 1.29 is 23.9 Å². The molecule has 28 heavy (non-hydrogen) atoms. The molecule has 146 valence electrons. The van der Waals surface area contributed by atoms with Crippen molar-refractivity contribution in [2.75, 3.05) is 33.3 Å². The molecule has 1 aromatic carbocycles. The Hall–Kier alpha value is -2.77. The number of hydrogen-bond acceptors (Lipinski definition) is 6. The number of rotatable bonds is 5. The van der Waals surface area contributed by atoms with E-state index in [2.05, 4.69) is 10.2 Å². The van der Waals surface area contributed by atoms with E-state index >= 15 is 0 Å². The molecule has 0 aromatic heterocycles.